The number of nitrogens with zero attached hydrogens (tertiary/aromatic N) is 5. The Morgan fingerprint density at radius 3 is 1.65 bits per heavy atom. The molecule has 72 heavy (non-hydrogen) atoms. The van der Waals surface area contributed by atoms with Crippen molar-refractivity contribution in [3.8, 4) is 56.6 Å². The van der Waals surface area contributed by atoms with Gasteiger partial charge in [-0.2, -0.15) is 0 Å². The van der Waals surface area contributed by atoms with E-state index in [0.717, 1.165) is 55.0 Å². The van der Waals surface area contributed by atoms with Gasteiger partial charge in [-0.1, -0.05) is 32.9 Å². The molecule has 0 bridgehead atoms. The molecule has 0 unspecified atom stereocenters. The van der Waals surface area contributed by atoms with Gasteiger partial charge in [0.05, 0.1) is 0 Å². The van der Waals surface area contributed by atoms with Gasteiger partial charge < -0.3 is 0 Å². The summed E-state index contributed by atoms with van der Waals surface area (Å²) in [7, 11) is 0. The third-order valence-corrected chi connectivity index (χ3v) is 14.3. The van der Waals surface area contributed by atoms with Crippen LogP contribution in [0.2, 0.25) is 0 Å². The van der Waals surface area contributed by atoms with Gasteiger partial charge in [0, 0.05) is 6.20 Å². The van der Waals surface area contributed by atoms with Crippen LogP contribution in [0.25, 0.3) is 99.8 Å². The molecule has 4 heterocycles. The molecular formula is C65H47N5OPt-2. The summed E-state index contributed by atoms with van der Waals surface area (Å²) in [4.78, 5) is 4.94. The first-order chi connectivity index (χ1) is 39.3. The molecule has 0 amide bonds. The van der Waals surface area contributed by atoms with Crippen molar-refractivity contribution in [1.29, 1.82) is 0 Å². The van der Waals surface area contributed by atoms with Crippen LogP contribution in [-0.4, -0.2) is 23.3 Å². The minimum atomic E-state index is -0.584. The maximum absolute atomic E-state index is 9.55. The molecule has 13 rings (SSSR count). The van der Waals surface area contributed by atoms with Crippen LogP contribution >= 0.6 is 0 Å². The number of hydrogen-bond donors (Lipinski definition) is 0. The maximum atomic E-state index is 9.55. The molecule has 0 aliphatic heterocycles. The van der Waals surface area contributed by atoms with Crippen molar-refractivity contribution in [2.75, 3.05) is 0 Å². The zero-order valence-corrected chi connectivity index (χ0v) is 41.7. The summed E-state index contributed by atoms with van der Waals surface area (Å²) in [6.07, 6.45) is 1.92. The van der Waals surface area contributed by atoms with E-state index in [4.69, 9.17) is 17.9 Å². The molecule has 0 spiro atoms. The second kappa shape index (κ2) is 17.2. The van der Waals surface area contributed by atoms with Gasteiger partial charge in [0.15, 0.2) is 0 Å². The zero-order chi connectivity index (χ0) is 57.4. The number of aromatic nitrogens is 5. The summed E-state index contributed by atoms with van der Waals surface area (Å²) in [5.41, 5.74) is 7.89. The molecule has 0 aliphatic rings. The summed E-state index contributed by atoms with van der Waals surface area (Å²) in [6, 6.07) is 48.2. The second-order valence-electron chi connectivity index (χ2n) is 18.7. The summed E-state index contributed by atoms with van der Waals surface area (Å²) in [6.45, 7) is 8.66. The monoisotopic (exact) mass is 1120 g/mol. The second-order valence-corrected chi connectivity index (χ2v) is 19.7. The van der Waals surface area contributed by atoms with Gasteiger partial charge in [0.1, 0.15) is 0 Å². The summed E-state index contributed by atoms with van der Waals surface area (Å²) < 4.78 is 107. The Balaban J connectivity index is 1.06. The van der Waals surface area contributed by atoms with Crippen LogP contribution < -0.4 is 4.74 Å². The number of fused-ring (bicyclic) bond motifs is 7. The first-order valence-corrected chi connectivity index (χ1v) is 24.6. The molecule has 0 radical (unpaired) electrons. The first kappa shape index (κ1) is 34.1. The van der Waals surface area contributed by atoms with E-state index in [1.54, 1.807) is 18.2 Å². The molecule has 0 aliphatic carbocycles. The number of imidazole rings is 1. The molecule has 0 saturated heterocycles. The minimum absolute atomic E-state index is 0.125. The normalized spacial score (nSPS) is 13.9. The topological polar surface area (TPSA) is 41.8 Å². The van der Waals surface area contributed by atoms with E-state index < -0.39 is 60.4 Å². The molecule has 4 aromatic heterocycles. The van der Waals surface area contributed by atoms with Crippen molar-refractivity contribution in [2.45, 2.75) is 33.1 Å². The van der Waals surface area contributed by atoms with Crippen molar-refractivity contribution in [1.82, 2.24) is 23.3 Å². The SMILES string of the molecule is [2H]c1c([2H])c([2H])c(-c2cc(-n3c4ccccc4c4ccccc43)cc(-c3c([2H])c([2H])c([2H])c([2H])c3[2H])c2-n2[c](=[Pt])n(-c3[c-]c(Oc4[c-]c5c(cc4)c4ccccc4n5-c4cc(C(C)(C)C)c(C)cn4)ccc3)c3ccccc32)c([2H])c1[2H]. The predicted octanol–water partition coefficient (Wildman–Crippen LogP) is 16.4. The van der Waals surface area contributed by atoms with E-state index in [9.17, 15) is 5.48 Å². The van der Waals surface area contributed by atoms with Crippen LogP contribution in [0.3, 0.4) is 0 Å². The van der Waals surface area contributed by atoms with Crippen LogP contribution in [-0.2, 0) is 24.8 Å². The van der Waals surface area contributed by atoms with Crippen LogP contribution in [0.5, 0.6) is 11.5 Å². The average Bonchev–Trinajstić information content (AvgIpc) is 4.29. The molecule has 0 N–H and O–H groups in total. The Morgan fingerprint density at radius 2 is 1.06 bits per heavy atom. The van der Waals surface area contributed by atoms with Crippen LogP contribution in [0, 0.1) is 22.9 Å². The molecular weight excluding hydrogens is 1060 g/mol. The fourth-order valence-electron chi connectivity index (χ4n) is 10.3. The zero-order valence-electron chi connectivity index (χ0n) is 49.4. The van der Waals surface area contributed by atoms with Crippen molar-refractivity contribution < 1.29 is 37.8 Å². The Kier molecular flexibility index (Phi) is 8.15. The first-order valence-electron chi connectivity index (χ1n) is 28.5. The summed E-state index contributed by atoms with van der Waals surface area (Å²) in [5.74, 6) is 1.57. The van der Waals surface area contributed by atoms with E-state index in [0.29, 0.717) is 37.7 Å². The molecule has 0 fully saturated rings. The number of rotatable bonds is 8. The Bertz CT molecular complexity index is 4750. The van der Waals surface area contributed by atoms with E-state index in [2.05, 4.69) is 81.9 Å². The van der Waals surface area contributed by atoms with Gasteiger partial charge in [0.2, 0.25) is 0 Å². The molecule has 9 aromatic carbocycles. The average molecular weight is 1120 g/mol. The van der Waals surface area contributed by atoms with Gasteiger partial charge in [0.25, 0.3) is 0 Å². The van der Waals surface area contributed by atoms with Crippen LogP contribution in [0.1, 0.15) is 45.6 Å². The third kappa shape index (κ3) is 7.20. The number of benzene rings is 9. The molecule has 6 nitrogen and oxygen atoms in total. The molecule has 0 atom stereocenters. The van der Waals surface area contributed by atoms with E-state index in [1.165, 1.54) is 5.56 Å². The van der Waals surface area contributed by atoms with Gasteiger partial charge >= 0.3 is 382 Å². The fourth-order valence-corrected chi connectivity index (χ4v) is 11.3. The standard InChI is InChI=1S/C65H47N5O.Pt/c1-43-41-66-63(40-56(43)65(2,3)4)70-59-31-16-13-28-52(59)53-35-34-49(39-62(53)70)71-48-25-19-24-46(36-48)67-42-68(61-33-18-17-32-60(61)67)64-54(44-20-7-5-8-21-44)37-47(38-55(64)45-22-9-6-10-23-45)69-57-29-14-11-26-50(57)51-27-12-15-30-58(51)69;/h5-35,37-38,40-41H,1-4H3;/q-2;/i5D,6D,7D,8D,9D,10D,20D,21D,22D,23D;. The quantitative estimate of drug-likeness (QED) is 0.142. The fraction of sp³-hybridized carbons (Fsp3) is 0.0769. The third-order valence-electron chi connectivity index (χ3n) is 13.3. The number of aryl methyl sites for hydroxylation is 1. The number of para-hydroxylation sites is 5. The van der Waals surface area contributed by atoms with Gasteiger partial charge in [-0.05, 0) is 23.5 Å². The molecule has 7 heteroatoms. The van der Waals surface area contributed by atoms with Crippen molar-refractivity contribution in [2.24, 2.45) is 0 Å². The van der Waals surface area contributed by atoms with Crippen LogP contribution in [0.15, 0.2) is 212 Å². The van der Waals surface area contributed by atoms with Gasteiger partial charge in [-0.3, -0.25) is 0 Å². The Hall–Kier alpha value is -8.31. The van der Waals surface area contributed by atoms with Crippen molar-refractivity contribution in [3.05, 3.63) is 239 Å². The molecule has 13 aromatic rings. The predicted molar refractivity (Wildman–Crippen MR) is 291 cm³/mol. The number of pyridine rings is 1. The van der Waals surface area contributed by atoms with Crippen molar-refractivity contribution in [3.63, 3.8) is 0 Å². The number of ether oxygens (including phenoxy) is 1. The Labute approximate surface area is 442 Å². The summed E-state index contributed by atoms with van der Waals surface area (Å²) >= 11 is 2.18. The van der Waals surface area contributed by atoms with Crippen molar-refractivity contribution >= 4 is 54.6 Å². The van der Waals surface area contributed by atoms with E-state index in [-0.39, 0.29) is 33.4 Å². The van der Waals surface area contributed by atoms with Gasteiger partial charge in [-0.15, -0.1) is 0 Å². The molecule has 0 saturated carbocycles. The van der Waals surface area contributed by atoms with E-state index >= 15 is 0 Å². The number of hydrogen-bond acceptors (Lipinski definition) is 2. The molecule has 350 valence electrons. The Morgan fingerprint density at radius 1 is 0.528 bits per heavy atom. The van der Waals surface area contributed by atoms with E-state index in [1.807, 2.05) is 129 Å². The summed E-state index contributed by atoms with van der Waals surface area (Å²) in [5, 5.41) is 3.86. The van der Waals surface area contributed by atoms with Gasteiger partial charge in [-0.25, -0.2) is 0 Å². The van der Waals surface area contributed by atoms with Crippen LogP contribution in [0.4, 0.5) is 0 Å².